The Morgan fingerprint density at radius 3 is 2.89 bits per heavy atom. The summed E-state index contributed by atoms with van der Waals surface area (Å²) in [5.41, 5.74) is 0. The Morgan fingerprint density at radius 1 is 1.89 bits per heavy atom. The van der Waals surface area contributed by atoms with E-state index in [1.54, 1.807) is 13.1 Å². The van der Waals surface area contributed by atoms with Gasteiger partial charge in [0.05, 0.1) is 12.5 Å². The summed E-state index contributed by atoms with van der Waals surface area (Å²) >= 11 is 5.32. The van der Waals surface area contributed by atoms with E-state index < -0.39 is 0 Å². The minimum atomic E-state index is 0.154. The first-order valence-electron chi connectivity index (χ1n) is 2.49. The molecular weight excluding hydrogens is 140 g/mol. The molecule has 0 fully saturated rings. The monoisotopic (exact) mass is 146 g/mol. The van der Waals surface area contributed by atoms with E-state index in [1.807, 2.05) is 0 Å². The van der Waals surface area contributed by atoms with Crippen LogP contribution in [0.1, 0.15) is 6.92 Å². The van der Waals surface area contributed by atoms with Gasteiger partial charge in [0.2, 0.25) is 12.1 Å². The Bertz CT molecular complexity index is 138. The lowest BCUT2D eigenvalue weighted by Crippen LogP contribution is -2.04. The maximum atomic E-state index is 8.02. The number of aliphatic imine (C=N–C) groups is 1. The van der Waals surface area contributed by atoms with Crippen molar-refractivity contribution in [3.05, 3.63) is 0 Å². The molecule has 0 aromatic rings. The highest BCUT2D eigenvalue weighted by atomic mass is 35.5. The van der Waals surface area contributed by atoms with Crippen LogP contribution in [0.5, 0.6) is 0 Å². The van der Waals surface area contributed by atoms with E-state index >= 15 is 0 Å². The van der Waals surface area contributed by atoms with Crippen LogP contribution < -0.4 is 0 Å². The molecule has 0 spiro atoms. The number of halogens is 1. The van der Waals surface area contributed by atoms with E-state index in [4.69, 9.17) is 21.6 Å². The summed E-state index contributed by atoms with van der Waals surface area (Å²) in [7, 11) is 0. The molecule has 50 valence electrons. The number of rotatable bonds is 2. The molecule has 0 unspecified atom stereocenters. The predicted molar refractivity (Wildman–Crippen MR) is 35.4 cm³/mol. The van der Waals surface area contributed by atoms with Gasteiger partial charge in [-0.1, -0.05) is 0 Å². The van der Waals surface area contributed by atoms with Crippen molar-refractivity contribution in [3.63, 3.8) is 0 Å². The second-order valence-corrected chi connectivity index (χ2v) is 1.44. The van der Waals surface area contributed by atoms with E-state index in [0.717, 1.165) is 0 Å². The Balaban J connectivity index is 3.70. The molecule has 0 amide bonds. The zero-order chi connectivity index (χ0) is 7.11. The summed E-state index contributed by atoms with van der Waals surface area (Å²) in [5.74, 6) is 0.433. The van der Waals surface area contributed by atoms with E-state index in [1.165, 1.54) is 0 Å². The Labute approximate surface area is 58.9 Å². The van der Waals surface area contributed by atoms with E-state index in [9.17, 15) is 0 Å². The van der Waals surface area contributed by atoms with Crippen LogP contribution in [-0.2, 0) is 4.74 Å². The fourth-order valence-electron chi connectivity index (χ4n) is 0.323. The zero-order valence-electron chi connectivity index (χ0n) is 5.09. The number of ether oxygens (including phenoxy) is 1. The molecule has 0 saturated heterocycles. The molecule has 0 radical (unpaired) electrons. The average Bonchev–Trinajstić information content (AvgIpc) is 1.88. The van der Waals surface area contributed by atoms with Crippen molar-refractivity contribution in [2.45, 2.75) is 6.92 Å². The lowest BCUT2D eigenvalue weighted by Gasteiger charge is -1.98. The summed E-state index contributed by atoms with van der Waals surface area (Å²) in [6.45, 7) is 2.30. The highest BCUT2D eigenvalue weighted by Gasteiger charge is 1.93. The lowest BCUT2D eigenvalue weighted by molar-refractivity contribution is 0.325. The zero-order valence-corrected chi connectivity index (χ0v) is 5.85. The summed E-state index contributed by atoms with van der Waals surface area (Å²) < 4.78 is 4.83. The van der Waals surface area contributed by atoms with E-state index in [2.05, 4.69) is 4.99 Å². The van der Waals surface area contributed by atoms with Gasteiger partial charge >= 0.3 is 0 Å². The van der Waals surface area contributed by atoms with Gasteiger partial charge in [-0.25, -0.2) is 0 Å². The normalized spacial score (nSPS) is 10.6. The van der Waals surface area contributed by atoms with Gasteiger partial charge in [0.1, 0.15) is 0 Å². The lowest BCUT2D eigenvalue weighted by atomic mass is 10.7. The van der Waals surface area contributed by atoms with Crippen molar-refractivity contribution in [2.75, 3.05) is 12.5 Å². The molecule has 9 heavy (non-hydrogen) atoms. The molecule has 0 N–H and O–H groups in total. The molecule has 3 nitrogen and oxygen atoms in total. The molecule has 0 aliphatic carbocycles. The molecule has 0 aliphatic heterocycles. The van der Waals surface area contributed by atoms with Gasteiger partial charge in [0, 0.05) is 0 Å². The van der Waals surface area contributed by atoms with Crippen LogP contribution in [0.3, 0.4) is 0 Å². The third kappa shape index (κ3) is 3.80. The first kappa shape index (κ1) is 8.25. The second-order valence-electron chi connectivity index (χ2n) is 1.17. The molecule has 0 bridgehead atoms. The smallest absolute Gasteiger partial charge is 0.214 e. The third-order valence-electron chi connectivity index (χ3n) is 0.600. The molecular formula is C5H7ClN2O. The van der Waals surface area contributed by atoms with Gasteiger partial charge in [-0.3, -0.25) is 0 Å². The quantitative estimate of drug-likeness (QED) is 0.254. The fraction of sp³-hybridized carbons (Fsp3) is 0.600. The molecule has 0 aromatic carbocycles. The van der Waals surface area contributed by atoms with E-state index in [-0.39, 0.29) is 11.8 Å². The van der Waals surface area contributed by atoms with Gasteiger partial charge in [-0.05, 0) is 6.92 Å². The highest BCUT2D eigenvalue weighted by Crippen LogP contribution is 1.85. The minimum absolute atomic E-state index is 0.154. The number of hydrogen-bond donors (Lipinski definition) is 0. The van der Waals surface area contributed by atoms with Crippen molar-refractivity contribution in [2.24, 2.45) is 4.99 Å². The van der Waals surface area contributed by atoms with Crippen LogP contribution in [0, 0.1) is 11.5 Å². The first-order valence-corrected chi connectivity index (χ1v) is 3.03. The van der Waals surface area contributed by atoms with Gasteiger partial charge in [-0.15, -0.1) is 16.6 Å². The van der Waals surface area contributed by atoms with Crippen molar-refractivity contribution in [3.8, 4) is 6.19 Å². The maximum absolute atomic E-state index is 8.02. The molecule has 4 heteroatoms. The van der Waals surface area contributed by atoms with Gasteiger partial charge in [-0.2, -0.15) is 5.26 Å². The largest absolute Gasteiger partial charge is 0.480 e. The highest BCUT2D eigenvalue weighted by molar-refractivity contribution is 6.27. The van der Waals surface area contributed by atoms with Crippen molar-refractivity contribution in [1.29, 1.82) is 5.26 Å². The average molecular weight is 147 g/mol. The summed E-state index contributed by atoms with van der Waals surface area (Å²) in [6.07, 6.45) is 1.58. The van der Waals surface area contributed by atoms with Crippen LogP contribution in [0.4, 0.5) is 0 Å². The maximum Gasteiger partial charge on any atom is 0.214 e. The topological polar surface area (TPSA) is 45.4 Å². The van der Waals surface area contributed by atoms with Crippen molar-refractivity contribution in [1.82, 2.24) is 0 Å². The van der Waals surface area contributed by atoms with Gasteiger partial charge in [0.25, 0.3) is 0 Å². The predicted octanol–water partition coefficient (Wildman–Crippen LogP) is 1.14. The summed E-state index contributed by atoms with van der Waals surface area (Å²) in [5, 5.41) is 8.02. The van der Waals surface area contributed by atoms with Gasteiger partial charge < -0.3 is 4.74 Å². The summed E-state index contributed by atoms with van der Waals surface area (Å²) in [6, 6.07) is 0. The molecule has 0 aromatic heterocycles. The van der Waals surface area contributed by atoms with Crippen LogP contribution in [0.2, 0.25) is 0 Å². The van der Waals surface area contributed by atoms with Crippen LogP contribution >= 0.6 is 11.6 Å². The third-order valence-corrected chi connectivity index (χ3v) is 0.829. The summed E-state index contributed by atoms with van der Waals surface area (Å²) in [4.78, 5) is 3.30. The number of nitriles is 1. The Hall–Kier alpha value is -0.750. The molecule has 0 aliphatic rings. The van der Waals surface area contributed by atoms with Gasteiger partial charge in [0.15, 0.2) is 0 Å². The van der Waals surface area contributed by atoms with Crippen LogP contribution in [-0.4, -0.2) is 18.4 Å². The molecule has 0 heterocycles. The molecule has 0 rings (SSSR count). The SMILES string of the molecule is CCO/C(CCl)=N/C#N. The second kappa shape index (κ2) is 5.39. The van der Waals surface area contributed by atoms with Crippen LogP contribution in [0.25, 0.3) is 0 Å². The number of hydrogen-bond acceptors (Lipinski definition) is 3. The van der Waals surface area contributed by atoms with E-state index in [0.29, 0.717) is 6.61 Å². The fourth-order valence-corrected chi connectivity index (χ4v) is 0.460. The molecule has 0 atom stereocenters. The number of nitrogens with zero attached hydrogens (tertiary/aromatic N) is 2. The first-order chi connectivity index (χ1) is 4.35. The molecule has 0 saturated carbocycles. The van der Waals surface area contributed by atoms with Crippen LogP contribution in [0.15, 0.2) is 4.99 Å². The Morgan fingerprint density at radius 2 is 2.56 bits per heavy atom. The number of alkyl halides is 1. The standard InChI is InChI=1S/C5H7ClN2O/c1-2-9-5(3-6)8-4-7/h2-3H2,1H3/b8-5+. The Kier molecular flexibility index (Phi) is 4.94. The minimum Gasteiger partial charge on any atom is -0.480 e. The van der Waals surface area contributed by atoms with Crippen molar-refractivity contribution < 1.29 is 4.74 Å². The van der Waals surface area contributed by atoms with Crippen molar-refractivity contribution >= 4 is 17.5 Å².